The van der Waals surface area contributed by atoms with E-state index in [1.165, 1.54) is 5.56 Å². The number of aryl methyl sites for hydroxylation is 1. The zero-order chi connectivity index (χ0) is 16.4. The van der Waals surface area contributed by atoms with Gasteiger partial charge in [-0.2, -0.15) is 0 Å². The third-order valence-electron chi connectivity index (χ3n) is 4.69. The fourth-order valence-electron chi connectivity index (χ4n) is 3.49. The Hall–Kier alpha value is -2.27. The van der Waals surface area contributed by atoms with Crippen LogP contribution in [0.3, 0.4) is 0 Å². The Labute approximate surface area is 142 Å². The van der Waals surface area contributed by atoms with Crippen LogP contribution < -0.4 is 0 Å². The molecule has 2 atom stereocenters. The topological polar surface area (TPSA) is 50.6 Å². The van der Waals surface area contributed by atoms with E-state index in [-0.39, 0.29) is 6.10 Å². The highest BCUT2D eigenvalue weighted by Gasteiger charge is 2.42. The predicted octanol–water partition coefficient (Wildman–Crippen LogP) is 2.66. The second-order valence-electron chi connectivity index (χ2n) is 6.54. The van der Waals surface area contributed by atoms with Crippen LogP contribution in [0.15, 0.2) is 47.9 Å². The van der Waals surface area contributed by atoms with Crippen molar-refractivity contribution >= 4 is 5.71 Å². The molecule has 2 aliphatic heterocycles. The molecule has 0 saturated carbocycles. The minimum Gasteiger partial charge on any atom is -0.390 e. The number of hydrogen-bond acceptors (Lipinski definition) is 5. The summed E-state index contributed by atoms with van der Waals surface area (Å²) < 4.78 is 0. The molecule has 5 heteroatoms. The van der Waals surface area contributed by atoms with Crippen molar-refractivity contribution in [3.63, 3.8) is 0 Å². The van der Waals surface area contributed by atoms with Gasteiger partial charge in [-0.05, 0) is 12.0 Å². The average Bonchev–Trinajstić information content (AvgIpc) is 3.18. The van der Waals surface area contributed by atoms with Gasteiger partial charge in [0.25, 0.3) is 0 Å². The van der Waals surface area contributed by atoms with E-state index in [1.54, 1.807) is 0 Å². The van der Waals surface area contributed by atoms with Gasteiger partial charge in [0.15, 0.2) is 0 Å². The largest absolute Gasteiger partial charge is 0.390 e. The number of benzene rings is 1. The number of nitrogens with zero attached hydrogens (tertiary/aromatic N) is 4. The third-order valence-corrected chi connectivity index (χ3v) is 4.69. The minimum absolute atomic E-state index is 0.167. The molecule has 1 saturated heterocycles. The van der Waals surface area contributed by atoms with Crippen molar-refractivity contribution in [2.24, 2.45) is 11.1 Å². The van der Waals surface area contributed by atoms with Gasteiger partial charge in [-0.25, -0.2) is 9.97 Å². The molecule has 1 aromatic heterocycles. The monoisotopic (exact) mass is 322 g/mol. The van der Waals surface area contributed by atoms with Gasteiger partial charge >= 0.3 is 0 Å². The summed E-state index contributed by atoms with van der Waals surface area (Å²) in [5.74, 6) is 1.29. The van der Waals surface area contributed by atoms with E-state index < -0.39 is 0 Å². The molecule has 5 nitrogen and oxygen atoms in total. The summed E-state index contributed by atoms with van der Waals surface area (Å²) in [4.78, 5) is 17.0. The Bertz CT molecular complexity index is 714. The summed E-state index contributed by atoms with van der Waals surface area (Å²) in [5.41, 5.74) is 3.41. The number of rotatable bonds is 5. The Morgan fingerprint density at radius 3 is 2.67 bits per heavy atom. The average molecular weight is 322 g/mol. The minimum atomic E-state index is 0.167. The zero-order valence-corrected chi connectivity index (χ0v) is 13.9. The standard InChI is InChI=1S/C19H22N4O/c1-2-6-18-20-9-14(10-21-18)11-23-12-16-17(13-23)24-22-19(16)15-7-4-3-5-8-15/h3-5,7-10,16-17H,2,6,11-13H2,1H3. The lowest BCUT2D eigenvalue weighted by molar-refractivity contribution is 0.0745. The number of oxime groups is 1. The van der Waals surface area contributed by atoms with Gasteiger partial charge in [-0.3, -0.25) is 4.90 Å². The van der Waals surface area contributed by atoms with Crippen molar-refractivity contribution in [3.8, 4) is 0 Å². The van der Waals surface area contributed by atoms with E-state index in [0.29, 0.717) is 5.92 Å². The van der Waals surface area contributed by atoms with E-state index in [2.05, 4.69) is 39.1 Å². The Morgan fingerprint density at radius 2 is 1.92 bits per heavy atom. The van der Waals surface area contributed by atoms with Crippen LogP contribution in [0.1, 0.15) is 30.3 Å². The van der Waals surface area contributed by atoms with Crippen LogP contribution in [0.25, 0.3) is 0 Å². The first-order valence-electron chi connectivity index (χ1n) is 8.64. The first kappa shape index (κ1) is 15.3. The molecule has 2 unspecified atom stereocenters. The van der Waals surface area contributed by atoms with E-state index in [4.69, 9.17) is 4.84 Å². The molecule has 0 bridgehead atoms. The van der Waals surface area contributed by atoms with E-state index in [0.717, 1.165) is 49.6 Å². The molecular formula is C19H22N4O. The van der Waals surface area contributed by atoms with Crippen LogP contribution in [-0.2, 0) is 17.8 Å². The summed E-state index contributed by atoms with van der Waals surface area (Å²) in [7, 11) is 0. The first-order valence-corrected chi connectivity index (χ1v) is 8.64. The van der Waals surface area contributed by atoms with Gasteiger partial charge in [0.2, 0.25) is 0 Å². The normalized spacial score (nSPS) is 23.0. The molecule has 0 amide bonds. The summed E-state index contributed by atoms with van der Waals surface area (Å²) in [5, 5.41) is 4.33. The van der Waals surface area contributed by atoms with E-state index >= 15 is 0 Å². The van der Waals surface area contributed by atoms with E-state index in [9.17, 15) is 0 Å². The molecule has 0 radical (unpaired) electrons. The van der Waals surface area contributed by atoms with Gasteiger partial charge in [0, 0.05) is 44.0 Å². The predicted molar refractivity (Wildman–Crippen MR) is 92.6 cm³/mol. The highest BCUT2D eigenvalue weighted by Crippen LogP contribution is 2.30. The lowest BCUT2D eigenvalue weighted by Crippen LogP contribution is -2.23. The molecular weight excluding hydrogens is 300 g/mol. The molecule has 3 heterocycles. The summed E-state index contributed by atoms with van der Waals surface area (Å²) in [6, 6.07) is 10.3. The van der Waals surface area contributed by atoms with Crippen LogP contribution in [0.4, 0.5) is 0 Å². The Kier molecular flexibility index (Phi) is 4.26. The second kappa shape index (κ2) is 6.69. The maximum atomic E-state index is 5.68. The maximum absolute atomic E-state index is 5.68. The van der Waals surface area contributed by atoms with Gasteiger partial charge in [0.1, 0.15) is 11.9 Å². The summed E-state index contributed by atoms with van der Waals surface area (Å²) in [6.45, 7) is 4.88. The summed E-state index contributed by atoms with van der Waals surface area (Å²) in [6.07, 6.45) is 6.10. The van der Waals surface area contributed by atoms with Crippen molar-refractivity contribution < 1.29 is 4.84 Å². The number of hydrogen-bond donors (Lipinski definition) is 0. The lowest BCUT2D eigenvalue weighted by atomic mass is 9.95. The number of likely N-dealkylation sites (tertiary alicyclic amines) is 1. The smallest absolute Gasteiger partial charge is 0.149 e. The molecule has 1 aromatic carbocycles. The van der Waals surface area contributed by atoms with Crippen molar-refractivity contribution in [3.05, 3.63) is 59.7 Å². The lowest BCUT2D eigenvalue weighted by Gasteiger charge is -2.16. The molecule has 4 rings (SSSR count). The fraction of sp³-hybridized carbons (Fsp3) is 0.421. The van der Waals surface area contributed by atoms with Gasteiger partial charge in [-0.15, -0.1) is 0 Å². The quantitative estimate of drug-likeness (QED) is 0.849. The molecule has 24 heavy (non-hydrogen) atoms. The highest BCUT2D eigenvalue weighted by molar-refractivity contribution is 6.03. The molecule has 1 fully saturated rings. The van der Waals surface area contributed by atoms with Crippen LogP contribution in [-0.4, -0.2) is 39.8 Å². The molecule has 0 aliphatic carbocycles. The molecule has 2 aromatic rings. The first-order chi connectivity index (χ1) is 11.8. The highest BCUT2D eigenvalue weighted by atomic mass is 16.6. The van der Waals surface area contributed by atoms with Crippen molar-refractivity contribution in [2.75, 3.05) is 13.1 Å². The SMILES string of the molecule is CCCc1ncc(CN2CC3ON=C(c4ccccc4)C3C2)cn1. The van der Waals surface area contributed by atoms with Crippen LogP contribution in [0, 0.1) is 5.92 Å². The van der Waals surface area contributed by atoms with Crippen LogP contribution in [0.5, 0.6) is 0 Å². The molecule has 2 aliphatic rings. The maximum Gasteiger partial charge on any atom is 0.149 e. The van der Waals surface area contributed by atoms with Crippen LogP contribution in [0.2, 0.25) is 0 Å². The zero-order valence-electron chi connectivity index (χ0n) is 13.9. The van der Waals surface area contributed by atoms with E-state index in [1.807, 2.05) is 30.6 Å². The van der Waals surface area contributed by atoms with Crippen molar-refractivity contribution in [2.45, 2.75) is 32.4 Å². The summed E-state index contributed by atoms with van der Waals surface area (Å²) >= 11 is 0. The second-order valence-corrected chi connectivity index (χ2v) is 6.54. The van der Waals surface area contributed by atoms with Crippen LogP contribution >= 0.6 is 0 Å². The molecule has 0 N–H and O–H groups in total. The Balaban J connectivity index is 1.41. The fourth-order valence-corrected chi connectivity index (χ4v) is 3.49. The molecule has 124 valence electrons. The van der Waals surface area contributed by atoms with Gasteiger partial charge in [0.05, 0.1) is 11.6 Å². The van der Waals surface area contributed by atoms with Crippen molar-refractivity contribution in [1.29, 1.82) is 0 Å². The van der Waals surface area contributed by atoms with Gasteiger partial charge < -0.3 is 4.84 Å². The number of fused-ring (bicyclic) bond motifs is 1. The van der Waals surface area contributed by atoms with Crippen molar-refractivity contribution in [1.82, 2.24) is 14.9 Å². The Morgan fingerprint density at radius 1 is 1.12 bits per heavy atom. The van der Waals surface area contributed by atoms with Gasteiger partial charge in [-0.1, -0.05) is 42.4 Å². The number of aromatic nitrogens is 2. The molecule has 0 spiro atoms. The third kappa shape index (κ3) is 3.04.